The molecule has 0 N–H and O–H groups in total. The Morgan fingerprint density at radius 2 is 2.31 bits per heavy atom. The monoisotopic (exact) mass is 374 g/mol. The minimum Gasteiger partial charge on any atom is -0.345 e. The predicted octanol–water partition coefficient (Wildman–Crippen LogP) is 2.06. The summed E-state index contributed by atoms with van der Waals surface area (Å²) < 4.78 is 5.40. The van der Waals surface area contributed by atoms with Crippen LogP contribution in [-0.4, -0.2) is 58.4 Å². The zero-order valence-corrected chi connectivity index (χ0v) is 15.6. The van der Waals surface area contributed by atoms with Gasteiger partial charge in [-0.2, -0.15) is 16.3 Å². The Kier molecular flexibility index (Phi) is 4.76. The Bertz CT molecular complexity index is 788. The van der Waals surface area contributed by atoms with Gasteiger partial charge >= 0.3 is 0 Å². The normalized spacial score (nSPS) is 23.7. The molecule has 2 saturated heterocycles. The number of piperidine rings is 1. The van der Waals surface area contributed by atoms with E-state index in [9.17, 15) is 9.59 Å². The van der Waals surface area contributed by atoms with E-state index in [0.29, 0.717) is 43.6 Å². The molecule has 2 aliphatic heterocycles. The third kappa shape index (κ3) is 3.51. The van der Waals surface area contributed by atoms with Crippen LogP contribution in [0.3, 0.4) is 0 Å². The smallest absolute Gasteiger partial charge is 0.228 e. The van der Waals surface area contributed by atoms with Crippen LogP contribution >= 0.6 is 11.3 Å². The molecule has 4 rings (SSSR count). The maximum Gasteiger partial charge on any atom is 0.228 e. The van der Waals surface area contributed by atoms with E-state index in [1.807, 2.05) is 21.7 Å². The predicted molar refractivity (Wildman–Crippen MR) is 96.4 cm³/mol. The molecule has 0 aliphatic carbocycles. The molecule has 2 aromatic rings. The molecule has 0 bridgehead atoms. The quantitative estimate of drug-likeness (QED) is 0.818. The van der Waals surface area contributed by atoms with Crippen molar-refractivity contribution >= 4 is 23.2 Å². The molecule has 2 fully saturated rings. The Hall–Kier alpha value is -2.22. The van der Waals surface area contributed by atoms with E-state index in [0.717, 1.165) is 24.9 Å². The molecular weight excluding hydrogens is 352 g/mol. The van der Waals surface area contributed by atoms with E-state index in [1.54, 1.807) is 23.3 Å². The van der Waals surface area contributed by atoms with Gasteiger partial charge in [-0.15, -0.1) is 0 Å². The Labute approximate surface area is 156 Å². The molecule has 0 aromatic carbocycles. The highest BCUT2D eigenvalue weighted by molar-refractivity contribution is 7.08. The summed E-state index contributed by atoms with van der Waals surface area (Å²) >= 11 is 1.60. The minimum absolute atomic E-state index is 0.0590. The van der Waals surface area contributed by atoms with E-state index in [2.05, 4.69) is 10.1 Å². The van der Waals surface area contributed by atoms with Crippen LogP contribution in [0.4, 0.5) is 0 Å². The number of amides is 2. The van der Waals surface area contributed by atoms with Gasteiger partial charge in [0.25, 0.3) is 0 Å². The summed E-state index contributed by atoms with van der Waals surface area (Å²) in [6, 6.07) is 1.97. The van der Waals surface area contributed by atoms with Crippen molar-refractivity contribution in [3.05, 3.63) is 22.7 Å². The van der Waals surface area contributed by atoms with E-state index < -0.39 is 0 Å². The van der Waals surface area contributed by atoms with Gasteiger partial charge in [0.1, 0.15) is 0 Å². The number of thiophene rings is 1. The molecule has 4 heterocycles. The lowest BCUT2D eigenvalue weighted by molar-refractivity contribution is -0.137. The Morgan fingerprint density at radius 3 is 3.04 bits per heavy atom. The van der Waals surface area contributed by atoms with Crippen molar-refractivity contribution in [3.63, 3.8) is 0 Å². The molecule has 138 valence electrons. The van der Waals surface area contributed by atoms with Crippen LogP contribution in [-0.2, 0) is 16.0 Å². The van der Waals surface area contributed by atoms with Crippen LogP contribution < -0.4 is 0 Å². The number of rotatable bonds is 4. The zero-order chi connectivity index (χ0) is 18.1. The van der Waals surface area contributed by atoms with Gasteiger partial charge in [0.15, 0.2) is 0 Å². The average Bonchev–Trinajstić information content (AvgIpc) is 3.37. The van der Waals surface area contributed by atoms with Gasteiger partial charge in [0.2, 0.25) is 23.5 Å². The van der Waals surface area contributed by atoms with Gasteiger partial charge < -0.3 is 14.3 Å². The highest BCUT2D eigenvalue weighted by Crippen LogP contribution is 2.26. The molecule has 2 atom stereocenters. The second-order valence-corrected chi connectivity index (χ2v) is 7.98. The maximum absolute atomic E-state index is 12.7. The van der Waals surface area contributed by atoms with Crippen molar-refractivity contribution < 1.29 is 14.1 Å². The minimum atomic E-state index is -0.195. The third-order valence-corrected chi connectivity index (χ3v) is 5.91. The van der Waals surface area contributed by atoms with Gasteiger partial charge in [-0.25, -0.2) is 0 Å². The lowest BCUT2D eigenvalue weighted by Gasteiger charge is -2.33. The lowest BCUT2D eigenvalue weighted by atomic mass is 9.93. The van der Waals surface area contributed by atoms with Gasteiger partial charge in [0, 0.05) is 50.5 Å². The van der Waals surface area contributed by atoms with Crippen LogP contribution in [0, 0.1) is 11.8 Å². The van der Waals surface area contributed by atoms with Crippen molar-refractivity contribution in [2.24, 2.45) is 11.8 Å². The molecule has 0 spiro atoms. The third-order valence-electron chi connectivity index (χ3n) is 5.23. The van der Waals surface area contributed by atoms with Crippen LogP contribution in [0.5, 0.6) is 0 Å². The van der Waals surface area contributed by atoms with Crippen molar-refractivity contribution in [1.82, 2.24) is 19.9 Å². The molecule has 0 radical (unpaired) electrons. The number of nitrogens with zero attached hydrogens (tertiary/aromatic N) is 4. The highest BCUT2D eigenvalue weighted by atomic mass is 32.1. The summed E-state index contributed by atoms with van der Waals surface area (Å²) in [6.07, 6.45) is 3.04. The molecule has 7 nitrogen and oxygen atoms in total. The van der Waals surface area contributed by atoms with Crippen LogP contribution in [0.1, 0.15) is 25.2 Å². The number of aromatic nitrogens is 2. The van der Waals surface area contributed by atoms with Crippen LogP contribution in [0.25, 0.3) is 11.4 Å². The second kappa shape index (κ2) is 7.19. The maximum atomic E-state index is 12.7. The fourth-order valence-electron chi connectivity index (χ4n) is 3.81. The van der Waals surface area contributed by atoms with Gasteiger partial charge in [-0.1, -0.05) is 5.16 Å². The first-order valence-corrected chi connectivity index (χ1v) is 9.92. The van der Waals surface area contributed by atoms with E-state index in [1.165, 1.54) is 0 Å². The summed E-state index contributed by atoms with van der Waals surface area (Å²) in [5.41, 5.74) is 0.973. The summed E-state index contributed by atoms with van der Waals surface area (Å²) in [4.78, 5) is 32.5. The van der Waals surface area contributed by atoms with Crippen molar-refractivity contribution in [1.29, 1.82) is 0 Å². The van der Waals surface area contributed by atoms with E-state index in [-0.39, 0.29) is 17.7 Å². The average molecular weight is 374 g/mol. The lowest BCUT2D eigenvalue weighted by Crippen LogP contribution is -2.44. The van der Waals surface area contributed by atoms with Crippen molar-refractivity contribution in [2.45, 2.75) is 25.7 Å². The molecule has 8 heteroatoms. The largest absolute Gasteiger partial charge is 0.345 e. The fraction of sp³-hybridized carbons (Fsp3) is 0.556. The zero-order valence-electron chi connectivity index (χ0n) is 14.8. The Morgan fingerprint density at radius 1 is 1.42 bits per heavy atom. The van der Waals surface area contributed by atoms with Gasteiger partial charge in [0.05, 0.1) is 5.92 Å². The first-order chi connectivity index (χ1) is 12.6. The van der Waals surface area contributed by atoms with Crippen molar-refractivity contribution in [2.75, 3.05) is 26.7 Å². The molecule has 2 aromatic heterocycles. The summed E-state index contributed by atoms with van der Waals surface area (Å²) in [6.45, 7) is 2.00. The molecule has 0 saturated carbocycles. The molecular formula is C18H22N4O3S. The molecule has 2 amide bonds. The number of likely N-dealkylation sites (tertiary alicyclic amines) is 2. The first kappa shape index (κ1) is 17.2. The van der Waals surface area contributed by atoms with E-state index in [4.69, 9.17) is 4.52 Å². The highest BCUT2D eigenvalue weighted by Gasteiger charge is 2.36. The summed E-state index contributed by atoms with van der Waals surface area (Å²) in [7, 11) is 1.76. The number of hydrogen-bond donors (Lipinski definition) is 0. The number of carbonyl (C=O) groups excluding carboxylic acids is 2. The van der Waals surface area contributed by atoms with Crippen LogP contribution in [0.2, 0.25) is 0 Å². The van der Waals surface area contributed by atoms with Crippen molar-refractivity contribution in [3.8, 4) is 11.4 Å². The fourth-order valence-corrected chi connectivity index (χ4v) is 4.45. The van der Waals surface area contributed by atoms with Crippen LogP contribution in [0.15, 0.2) is 21.3 Å². The summed E-state index contributed by atoms with van der Waals surface area (Å²) in [5.74, 6) is 1.54. The Balaban J connectivity index is 1.36. The first-order valence-electron chi connectivity index (χ1n) is 8.98. The summed E-state index contributed by atoms with van der Waals surface area (Å²) in [5, 5.41) is 8.04. The SMILES string of the molecule is CN1CC(C(=O)N2CCCC(Cc3nc(-c4ccsc4)no3)C2)CC1=O. The van der Waals surface area contributed by atoms with Gasteiger partial charge in [-0.3, -0.25) is 9.59 Å². The standard InChI is InChI=1S/C18H22N4O3S/c1-21-10-14(8-16(21)23)18(24)22-5-2-3-12(9-22)7-15-19-17(20-25-15)13-4-6-26-11-13/h4,6,11-12,14H,2-3,5,7-10H2,1H3. The number of hydrogen-bond acceptors (Lipinski definition) is 6. The molecule has 2 aliphatic rings. The molecule has 26 heavy (non-hydrogen) atoms. The second-order valence-electron chi connectivity index (χ2n) is 7.20. The topological polar surface area (TPSA) is 79.5 Å². The number of carbonyl (C=O) groups is 2. The van der Waals surface area contributed by atoms with E-state index >= 15 is 0 Å². The van der Waals surface area contributed by atoms with Gasteiger partial charge in [-0.05, 0) is 30.2 Å². The molecule has 2 unspecified atom stereocenters.